The van der Waals surface area contributed by atoms with Crippen LogP contribution in [0.4, 0.5) is 0 Å². The highest BCUT2D eigenvalue weighted by Crippen LogP contribution is 2.24. The molecule has 0 aliphatic carbocycles. The summed E-state index contributed by atoms with van der Waals surface area (Å²) in [6.45, 7) is 6.61. The average molecular weight is 353 g/mol. The first-order valence-corrected chi connectivity index (χ1v) is 7.05. The summed E-state index contributed by atoms with van der Waals surface area (Å²) < 4.78 is 15.9. The highest BCUT2D eigenvalue weighted by Gasteiger charge is 2.09. The van der Waals surface area contributed by atoms with E-state index in [0.29, 0.717) is 0 Å². The number of halogens is 2. The van der Waals surface area contributed by atoms with Gasteiger partial charge in [-0.15, -0.1) is 24.8 Å². The van der Waals surface area contributed by atoms with Gasteiger partial charge in [0.25, 0.3) is 0 Å². The fourth-order valence-electron chi connectivity index (χ4n) is 2.28. The SMILES string of the molecule is COc1ccc(CNCCN2CCOCC2)c(OC)c1.Cl.Cl. The van der Waals surface area contributed by atoms with Crippen molar-refractivity contribution in [1.82, 2.24) is 10.2 Å². The second kappa shape index (κ2) is 11.8. The molecule has 22 heavy (non-hydrogen) atoms. The van der Waals surface area contributed by atoms with Gasteiger partial charge in [-0.3, -0.25) is 4.90 Å². The molecule has 1 aliphatic rings. The normalized spacial score (nSPS) is 14.6. The number of nitrogens with zero attached hydrogens (tertiary/aromatic N) is 1. The quantitative estimate of drug-likeness (QED) is 0.760. The van der Waals surface area contributed by atoms with Gasteiger partial charge in [0.2, 0.25) is 0 Å². The zero-order valence-electron chi connectivity index (χ0n) is 13.2. The maximum atomic E-state index is 5.39. The Kier molecular flexibility index (Phi) is 11.4. The largest absolute Gasteiger partial charge is 0.497 e. The molecule has 5 nitrogen and oxygen atoms in total. The molecule has 1 saturated heterocycles. The number of ether oxygens (including phenoxy) is 3. The molecule has 1 aromatic rings. The number of rotatable bonds is 7. The van der Waals surface area contributed by atoms with Crippen molar-refractivity contribution in [1.29, 1.82) is 0 Å². The summed E-state index contributed by atoms with van der Waals surface area (Å²) in [5.74, 6) is 1.68. The highest BCUT2D eigenvalue weighted by molar-refractivity contribution is 5.85. The molecule has 1 heterocycles. The van der Waals surface area contributed by atoms with E-state index < -0.39 is 0 Å². The zero-order valence-corrected chi connectivity index (χ0v) is 14.8. The third kappa shape index (κ3) is 6.58. The van der Waals surface area contributed by atoms with Crippen LogP contribution in [-0.4, -0.2) is 58.5 Å². The van der Waals surface area contributed by atoms with Crippen LogP contribution in [0.1, 0.15) is 5.56 Å². The van der Waals surface area contributed by atoms with Gasteiger partial charge in [-0.25, -0.2) is 0 Å². The van der Waals surface area contributed by atoms with Crippen molar-refractivity contribution < 1.29 is 14.2 Å². The number of benzene rings is 1. The molecule has 0 atom stereocenters. The average Bonchev–Trinajstić information content (AvgIpc) is 2.52. The Labute approximate surface area is 145 Å². The monoisotopic (exact) mass is 352 g/mol. The summed E-state index contributed by atoms with van der Waals surface area (Å²) in [6.07, 6.45) is 0. The number of hydrogen-bond donors (Lipinski definition) is 1. The molecule has 7 heteroatoms. The van der Waals surface area contributed by atoms with Gasteiger partial charge < -0.3 is 19.5 Å². The summed E-state index contributed by atoms with van der Waals surface area (Å²) in [6, 6.07) is 5.92. The van der Waals surface area contributed by atoms with Crippen LogP contribution in [0.15, 0.2) is 18.2 Å². The summed E-state index contributed by atoms with van der Waals surface area (Å²) in [4.78, 5) is 2.42. The Hall–Kier alpha value is -0.720. The van der Waals surface area contributed by atoms with Gasteiger partial charge in [-0.2, -0.15) is 0 Å². The molecule has 0 unspecified atom stereocenters. The summed E-state index contributed by atoms with van der Waals surface area (Å²) >= 11 is 0. The molecule has 1 aromatic carbocycles. The number of methoxy groups -OCH3 is 2. The highest BCUT2D eigenvalue weighted by atomic mass is 35.5. The third-order valence-corrected chi connectivity index (χ3v) is 3.52. The number of nitrogens with one attached hydrogen (secondary N) is 1. The van der Waals surface area contributed by atoms with Crippen molar-refractivity contribution in [2.45, 2.75) is 6.54 Å². The van der Waals surface area contributed by atoms with Crippen molar-refractivity contribution in [2.75, 3.05) is 53.6 Å². The molecular weight excluding hydrogens is 327 g/mol. The standard InChI is InChI=1S/C15H24N2O3.2ClH/c1-18-14-4-3-13(15(11-14)19-2)12-16-5-6-17-7-9-20-10-8-17;;/h3-4,11,16H,5-10,12H2,1-2H3;2*1H. The van der Waals surface area contributed by atoms with Gasteiger partial charge in [-0.05, 0) is 6.07 Å². The van der Waals surface area contributed by atoms with Crippen LogP contribution >= 0.6 is 24.8 Å². The van der Waals surface area contributed by atoms with Gasteiger partial charge in [0.1, 0.15) is 11.5 Å². The molecule has 2 rings (SSSR count). The zero-order chi connectivity index (χ0) is 14.2. The first kappa shape index (κ1) is 21.3. The minimum atomic E-state index is 0. The molecule has 0 amide bonds. The van der Waals surface area contributed by atoms with Crippen molar-refractivity contribution >= 4 is 24.8 Å². The first-order chi connectivity index (χ1) is 9.83. The Morgan fingerprint density at radius 1 is 1.14 bits per heavy atom. The van der Waals surface area contributed by atoms with Crippen molar-refractivity contribution in [2.24, 2.45) is 0 Å². The molecule has 1 N–H and O–H groups in total. The molecule has 0 saturated carbocycles. The lowest BCUT2D eigenvalue weighted by atomic mass is 10.2. The summed E-state index contributed by atoms with van der Waals surface area (Å²) in [7, 11) is 3.35. The number of morpholine rings is 1. The molecule has 0 radical (unpaired) electrons. The van der Waals surface area contributed by atoms with E-state index in [0.717, 1.165) is 63.0 Å². The van der Waals surface area contributed by atoms with Gasteiger partial charge in [0, 0.05) is 44.4 Å². The Morgan fingerprint density at radius 2 is 1.86 bits per heavy atom. The van der Waals surface area contributed by atoms with E-state index in [1.54, 1.807) is 14.2 Å². The van der Waals surface area contributed by atoms with Crippen LogP contribution < -0.4 is 14.8 Å². The van der Waals surface area contributed by atoms with Crippen LogP contribution in [0.5, 0.6) is 11.5 Å². The lowest BCUT2D eigenvalue weighted by Crippen LogP contribution is -2.40. The molecule has 0 aromatic heterocycles. The second-order valence-corrected chi connectivity index (χ2v) is 4.81. The van der Waals surface area contributed by atoms with Crippen LogP contribution in [0.2, 0.25) is 0 Å². The van der Waals surface area contributed by atoms with Crippen LogP contribution in [0.25, 0.3) is 0 Å². The fourth-order valence-corrected chi connectivity index (χ4v) is 2.28. The van der Waals surface area contributed by atoms with E-state index in [9.17, 15) is 0 Å². The van der Waals surface area contributed by atoms with E-state index in [4.69, 9.17) is 14.2 Å². The molecule has 128 valence electrons. The lowest BCUT2D eigenvalue weighted by molar-refractivity contribution is 0.0384. The van der Waals surface area contributed by atoms with Gasteiger partial charge in [0.15, 0.2) is 0 Å². The van der Waals surface area contributed by atoms with Gasteiger partial charge in [0.05, 0.1) is 27.4 Å². The Bertz CT molecular complexity index is 416. The van der Waals surface area contributed by atoms with Crippen molar-refractivity contribution in [3.63, 3.8) is 0 Å². The van der Waals surface area contributed by atoms with Gasteiger partial charge >= 0.3 is 0 Å². The maximum Gasteiger partial charge on any atom is 0.127 e. The van der Waals surface area contributed by atoms with E-state index in [-0.39, 0.29) is 24.8 Å². The third-order valence-electron chi connectivity index (χ3n) is 3.52. The molecule has 1 fully saturated rings. The van der Waals surface area contributed by atoms with E-state index in [1.807, 2.05) is 18.2 Å². The topological polar surface area (TPSA) is 43.0 Å². The van der Waals surface area contributed by atoms with Gasteiger partial charge in [-0.1, -0.05) is 6.07 Å². The second-order valence-electron chi connectivity index (χ2n) is 4.81. The van der Waals surface area contributed by atoms with Crippen molar-refractivity contribution in [3.05, 3.63) is 23.8 Å². The Balaban J connectivity index is 0.00000220. The van der Waals surface area contributed by atoms with Crippen molar-refractivity contribution in [3.8, 4) is 11.5 Å². The molecular formula is C15H26Cl2N2O3. The minimum absolute atomic E-state index is 0. The van der Waals surface area contributed by atoms with Crippen LogP contribution in [-0.2, 0) is 11.3 Å². The molecule has 1 aliphatic heterocycles. The van der Waals surface area contributed by atoms with E-state index >= 15 is 0 Å². The smallest absolute Gasteiger partial charge is 0.127 e. The molecule has 0 spiro atoms. The number of hydrogen-bond acceptors (Lipinski definition) is 5. The predicted octanol–water partition coefficient (Wildman–Crippen LogP) is 1.97. The first-order valence-electron chi connectivity index (χ1n) is 7.05. The predicted molar refractivity (Wildman–Crippen MR) is 93.0 cm³/mol. The Morgan fingerprint density at radius 3 is 2.50 bits per heavy atom. The van der Waals surface area contributed by atoms with Crippen LogP contribution in [0.3, 0.4) is 0 Å². The minimum Gasteiger partial charge on any atom is -0.497 e. The maximum absolute atomic E-state index is 5.39. The van der Waals surface area contributed by atoms with Crippen LogP contribution in [0, 0.1) is 0 Å². The molecule has 0 bridgehead atoms. The van der Waals surface area contributed by atoms with E-state index in [2.05, 4.69) is 10.2 Å². The van der Waals surface area contributed by atoms with E-state index in [1.165, 1.54) is 0 Å². The summed E-state index contributed by atoms with van der Waals surface area (Å²) in [5.41, 5.74) is 1.15. The fraction of sp³-hybridized carbons (Fsp3) is 0.600. The summed E-state index contributed by atoms with van der Waals surface area (Å²) in [5, 5.41) is 3.46. The lowest BCUT2D eigenvalue weighted by Gasteiger charge is -2.26.